The van der Waals surface area contributed by atoms with Crippen LogP contribution < -0.4 is 9.64 Å². The van der Waals surface area contributed by atoms with Gasteiger partial charge in [0, 0.05) is 51.3 Å². The van der Waals surface area contributed by atoms with Crippen LogP contribution in [0.4, 0.5) is 10.6 Å². The molecular formula is C24H36N4O5S. The first kappa shape index (κ1) is 23.7. The van der Waals surface area contributed by atoms with E-state index < -0.39 is 15.6 Å². The third-order valence-electron chi connectivity index (χ3n) is 7.67. The zero-order valence-corrected chi connectivity index (χ0v) is 21.5. The van der Waals surface area contributed by atoms with Crippen LogP contribution in [0.3, 0.4) is 0 Å². The van der Waals surface area contributed by atoms with Crippen molar-refractivity contribution in [2.75, 3.05) is 50.4 Å². The molecule has 1 aliphatic carbocycles. The van der Waals surface area contributed by atoms with E-state index in [4.69, 9.17) is 9.47 Å². The van der Waals surface area contributed by atoms with E-state index in [0.717, 1.165) is 56.8 Å². The van der Waals surface area contributed by atoms with Crippen LogP contribution in [0.15, 0.2) is 12.3 Å². The van der Waals surface area contributed by atoms with Crippen molar-refractivity contribution in [1.82, 2.24) is 14.2 Å². The molecule has 34 heavy (non-hydrogen) atoms. The molecule has 188 valence electrons. The van der Waals surface area contributed by atoms with Gasteiger partial charge in [-0.2, -0.15) is 4.31 Å². The number of aromatic nitrogens is 1. The number of ether oxygens (including phenoxy) is 2. The summed E-state index contributed by atoms with van der Waals surface area (Å²) in [5, 5.41) is 0. The number of sulfonamides is 1. The van der Waals surface area contributed by atoms with E-state index in [-0.39, 0.29) is 17.1 Å². The molecule has 4 aliphatic rings. The lowest BCUT2D eigenvalue weighted by molar-refractivity contribution is -0.120. The number of piperidine rings is 1. The van der Waals surface area contributed by atoms with Gasteiger partial charge in [0.15, 0.2) is 0 Å². The second kappa shape index (κ2) is 7.98. The molecule has 2 saturated heterocycles. The van der Waals surface area contributed by atoms with Crippen molar-refractivity contribution in [3.63, 3.8) is 0 Å². The van der Waals surface area contributed by atoms with Gasteiger partial charge in [0.05, 0.1) is 12.5 Å². The van der Waals surface area contributed by atoms with Gasteiger partial charge in [0.25, 0.3) is 0 Å². The second-order valence-electron chi connectivity index (χ2n) is 11.6. The lowest BCUT2D eigenvalue weighted by Crippen LogP contribution is -2.59. The van der Waals surface area contributed by atoms with Crippen molar-refractivity contribution >= 4 is 21.9 Å². The van der Waals surface area contributed by atoms with Crippen molar-refractivity contribution in [1.29, 1.82) is 0 Å². The topological polar surface area (TPSA) is 92.3 Å². The third kappa shape index (κ3) is 4.58. The number of amides is 1. The van der Waals surface area contributed by atoms with E-state index in [1.54, 1.807) is 0 Å². The lowest BCUT2D eigenvalue weighted by Gasteiger charge is -2.56. The summed E-state index contributed by atoms with van der Waals surface area (Å²) in [5.41, 5.74) is 0.825. The Hall–Kier alpha value is -2.07. The maximum Gasteiger partial charge on any atom is 0.410 e. The van der Waals surface area contributed by atoms with Gasteiger partial charge in [-0.3, -0.25) is 0 Å². The number of hydrogen-bond acceptors (Lipinski definition) is 7. The van der Waals surface area contributed by atoms with Crippen LogP contribution >= 0.6 is 0 Å². The van der Waals surface area contributed by atoms with Gasteiger partial charge in [-0.05, 0) is 57.9 Å². The number of likely N-dealkylation sites (tertiary alicyclic amines) is 1. The fourth-order valence-electron chi connectivity index (χ4n) is 6.10. The lowest BCUT2D eigenvalue weighted by atomic mass is 9.54. The Morgan fingerprint density at radius 3 is 2.32 bits per heavy atom. The molecule has 2 spiro atoms. The van der Waals surface area contributed by atoms with E-state index in [1.807, 2.05) is 31.9 Å². The number of carbonyl (C=O) groups excluding carboxylic acids is 1. The van der Waals surface area contributed by atoms with Crippen LogP contribution in [-0.2, 0) is 21.2 Å². The maximum absolute atomic E-state index is 12.4. The molecule has 0 N–H and O–H groups in total. The highest BCUT2D eigenvalue weighted by atomic mass is 32.2. The average Bonchev–Trinajstić information content (AvgIpc) is 3.10. The molecule has 1 amide bonds. The Balaban J connectivity index is 1.16. The first-order chi connectivity index (χ1) is 15.9. The Bertz CT molecular complexity index is 1060. The molecule has 5 rings (SSSR count). The summed E-state index contributed by atoms with van der Waals surface area (Å²) in [6, 6.07) is 2.12. The number of anilines is 1. The summed E-state index contributed by atoms with van der Waals surface area (Å²) < 4.78 is 37.0. The molecule has 1 aromatic heterocycles. The molecule has 0 unspecified atom stereocenters. The zero-order chi connectivity index (χ0) is 24.4. The van der Waals surface area contributed by atoms with Crippen LogP contribution in [0, 0.1) is 5.41 Å². The Kier molecular flexibility index (Phi) is 5.55. The summed E-state index contributed by atoms with van der Waals surface area (Å²) in [4.78, 5) is 21.0. The van der Waals surface area contributed by atoms with Gasteiger partial charge in [-0.25, -0.2) is 18.2 Å². The summed E-state index contributed by atoms with van der Waals surface area (Å²) in [6.07, 6.45) is 7.77. The van der Waals surface area contributed by atoms with E-state index >= 15 is 0 Å². The SMILES string of the molecule is CC(C)(C)OC(=O)N1CCC2(CC1)CC1(Cc3cc(N4CCN(S(C)(=O)=O)CC4)ncc3O1)C2. The van der Waals surface area contributed by atoms with Gasteiger partial charge >= 0.3 is 6.09 Å². The predicted molar refractivity (Wildman–Crippen MR) is 129 cm³/mol. The van der Waals surface area contributed by atoms with Gasteiger partial charge in [0.2, 0.25) is 10.0 Å². The Morgan fingerprint density at radius 1 is 1.09 bits per heavy atom. The zero-order valence-electron chi connectivity index (χ0n) is 20.7. The average molecular weight is 493 g/mol. The Labute approximate surface area is 202 Å². The minimum absolute atomic E-state index is 0.147. The number of hydrogen-bond donors (Lipinski definition) is 0. The van der Waals surface area contributed by atoms with E-state index in [9.17, 15) is 13.2 Å². The standard InChI is InChI=1S/C24H36N4O5S/c1-22(2,3)33-21(29)27-7-5-23(6-8-27)16-24(17-23)14-18-13-20(25-15-19(18)32-24)26-9-11-28(12-10-26)34(4,30)31/h13,15H,5-12,14,16-17H2,1-4H3. The number of pyridine rings is 1. The molecule has 1 aromatic rings. The highest BCUT2D eigenvalue weighted by molar-refractivity contribution is 7.88. The van der Waals surface area contributed by atoms with E-state index in [2.05, 4.69) is 16.0 Å². The summed E-state index contributed by atoms with van der Waals surface area (Å²) in [5.74, 6) is 1.77. The highest BCUT2D eigenvalue weighted by Gasteiger charge is 2.59. The monoisotopic (exact) mass is 492 g/mol. The van der Waals surface area contributed by atoms with E-state index in [1.165, 1.54) is 16.1 Å². The largest absolute Gasteiger partial charge is 0.485 e. The highest BCUT2D eigenvalue weighted by Crippen LogP contribution is 2.60. The van der Waals surface area contributed by atoms with Crippen LogP contribution in [0.1, 0.15) is 52.0 Å². The first-order valence-corrected chi connectivity index (χ1v) is 14.1. The molecule has 1 saturated carbocycles. The molecule has 10 heteroatoms. The van der Waals surface area contributed by atoms with Gasteiger partial charge in [-0.1, -0.05) is 0 Å². The molecular weight excluding hydrogens is 456 g/mol. The molecule has 0 aromatic carbocycles. The number of fused-ring (bicyclic) bond motifs is 1. The molecule has 3 aliphatic heterocycles. The number of carbonyl (C=O) groups is 1. The quantitative estimate of drug-likeness (QED) is 0.627. The van der Waals surface area contributed by atoms with Gasteiger partial charge < -0.3 is 19.3 Å². The molecule has 3 fully saturated rings. The molecule has 0 radical (unpaired) electrons. The van der Waals surface area contributed by atoms with Crippen molar-refractivity contribution < 1.29 is 22.7 Å². The molecule has 0 atom stereocenters. The minimum Gasteiger partial charge on any atom is -0.485 e. The van der Waals surface area contributed by atoms with Crippen molar-refractivity contribution in [2.45, 2.75) is 64.1 Å². The fraction of sp³-hybridized carbons (Fsp3) is 0.750. The first-order valence-electron chi connectivity index (χ1n) is 12.2. The summed E-state index contributed by atoms with van der Waals surface area (Å²) in [7, 11) is -3.14. The maximum atomic E-state index is 12.4. The van der Waals surface area contributed by atoms with Crippen LogP contribution in [0.5, 0.6) is 5.75 Å². The Morgan fingerprint density at radius 2 is 1.74 bits per heavy atom. The number of nitrogens with zero attached hydrogens (tertiary/aromatic N) is 4. The smallest absolute Gasteiger partial charge is 0.410 e. The predicted octanol–water partition coefficient (Wildman–Crippen LogP) is 2.65. The van der Waals surface area contributed by atoms with Crippen molar-refractivity contribution in [3.05, 3.63) is 17.8 Å². The third-order valence-corrected chi connectivity index (χ3v) is 8.98. The second-order valence-corrected chi connectivity index (χ2v) is 13.6. The van der Waals surface area contributed by atoms with Crippen LogP contribution in [0.2, 0.25) is 0 Å². The van der Waals surface area contributed by atoms with Crippen LogP contribution in [-0.4, -0.2) is 85.4 Å². The number of piperazine rings is 1. The fourth-order valence-corrected chi connectivity index (χ4v) is 6.92. The van der Waals surface area contributed by atoms with Crippen molar-refractivity contribution in [3.8, 4) is 5.75 Å². The molecule has 9 nitrogen and oxygen atoms in total. The normalized spacial score (nSPS) is 24.0. The van der Waals surface area contributed by atoms with Gasteiger partial charge in [-0.15, -0.1) is 0 Å². The van der Waals surface area contributed by atoms with E-state index in [0.29, 0.717) is 26.2 Å². The minimum atomic E-state index is -3.14. The molecule has 0 bridgehead atoms. The summed E-state index contributed by atoms with van der Waals surface area (Å²) in [6.45, 7) is 9.43. The van der Waals surface area contributed by atoms with Crippen LogP contribution in [0.25, 0.3) is 0 Å². The number of rotatable bonds is 2. The molecule has 4 heterocycles. The summed E-state index contributed by atoms with van der Waals surface area (Å²) >= 11 is 0. The van der Waals surface area contributed by atoms with Gasteiger partial charge in [0.1, 0.15) is 22.8 Å². The van der Waals surface area contributed by atoms with Crippen molar-refractivity contribution in [2.24, 2.45) is 5.41 Å².